The molecule has 3 heterocycles. The number of hydrogen-bond acceptors (Lipinski definition) is 6. The maximum atomic E-state index is 12.5. The topological polar surface area (TPSA) is 79.5 Å². The van der Waals surface area contributed by atoms with Crippen molar-refractivity contribution < 1.29 is 14.4 Å². The van der Waals surface area contributed by atoms with Crippen molar-refractivity contribution in [1.82, 2.24) is 15.0 Å². The molecule has 3 rings (SSSR count). The SMILES string of the molecule is O=C(c1nc(-c2cccs2)no1)N1CCCCC1CCO. The van der Waals surface area contributed by atoms with Gasteiger partial charge in [0, 0.05) is 19.2 Å². The maximum absolute atomic E-state index is 12.5. The van der Waals surface area contributed by atoms with E-state index in [1.165, 1.54) is 11.3 Å². The molecule has 6 nitrogen and oxygen atoms in total. The van der Waals surface area contributed by atoms with Crippen LogP contribution in [-0.2, 0) is 0 Å². The molecule has 1 amide bonds. The van der Waals surface area contributed by atoms with Crippen molar-refractivity contribution in [2.24, 2.45) is 0 Å². The lowest BCUT2D eigenvalue weighted by atomic mass is 9.99. The van der Waals surface area contributed by atoms with Gasteiger partial charge in [-0.2, -0.15) is 4.98 Å². The Hall–Kier alpha value is -1.73. The van der Waals surface area contributed by atoms with E-state index in [0.29, 0.717) is 18.8 Å². The first kappa shape index (κ1) is 14.2. The molecule has 0 radical (unpaired) electrons. The third-order valence-corrected chi connectivity index (χ3v) is 4.57. The zero-order chi connectivity index (χ0) is 14.7. The van der Waals surface area contributed by atoms with Crippen LogP contribution >= 0.6 is 11.3 Å². The molecule has 112 valence electrons. The van der Waals surface area contributed by atoms with Gasteiger partial charge in [0.05, 0.1) is 4.88 Å². The number of thiophene rings is 1. The Morgan fingerprint density at radius 3 is 3.19 bits per heavy atom. The standard InChI is InChI=1S/C14H17N3O3S/c18-8-6-10-4-1-2-7-17(10)14(19)13-15-12(16-20-13)11-5-3-9-21-11/h3,5,9-10,18H,1-2,4,6-8H2. The second kappa shape index (κ2) is 6.36. The molecule has 21 heavy (non-hydrogen) atoms. The van der Waals surface area contributed by atoms with E-state index in [1.807, 2.05) is 17.5 Å². The quantitative estimate of drug-likeness (QED) is 0.936. The van der Waals surface area contributed by atoms with Gasteiger partial charge in [0.2, 0.25) is 5.82 Å². The summed E-state index contributed by atoms with van der Waals surface area (Å²) >= 11 is 1.50. The van der Waals surface area contributed by atoms with Crippen molar-refractivity contribution >= 4 is 17.2 Å². The van der Waals surface area contributed by atoms with Crippen LogP contribution in [-0.4, -0.2) is 45.2 Å². The summed E-state index contributed by atoms with van der Waals surface area (Å²) in [4.78, 5) is 19.4. The van der Waals surface area contributed by atoms with Gasteiger partial charge in [-0.05, 0) is 37.1 Å². The molecular weight excluding hydrogens is 290 g/mol. The highest BCUT2D eigenvalue weighted by molar-refractivity contribution is 7.13. The highest BCUT2D eigenvalue weighted by atomic mass is 32.1. The molecule has 1 unspecified atom stereocenters. The predicted octanol–water partition coefficient (Wildman–Crippen LogP) is 2.18. The van der Waals surface area contributed by atoms with Crippen molar-refractivity contribution in [1.29, 1.82) is 0 Å². The third kappa shape index (κ3) is 2.98. The first-order valence-electron chi connectivity index (χ1n) is 7.09. The van der Waals surface area contributed by atoms with Crippen LogP contribution < -0.4 is 0 Å². The average Bonchev–Trinajstić information content (AvgIpc) is 3.18. The zero-order valence-electron chi connectivity index (χ0n) is 11.6. The summed E-state index contributed by atoms with van der Waals surface area (Å²) < 4.78 is 5.12. The van der Waals surface area contributed by atoms with Crippen LogP contribution in [0.5, 0.6) is 0 Å². The first-order chi connectivity index (χ1) is 10.3. The minimum absolute atomic E-state index is 0.0308. The lowest BCUT2D eigenvalue weighted by molar-refractivity contribution is 0.0525. The first-order valence-corrected chi connectivity index (χ1v) is 7.97. The molecule has 0 aromatic carbocycles. The van der Waals surface area contributed by atoms with Gasteiger partial charge in [0.25, 0.3) is 0 Å². The number of aromatic nitrogens is 2. The van der Waals surface area contributed by atoms with Crippen LogP contribution in [0.2, 0.25) is 0 Å². The Labute approximate surface area is 126 Å². The Bertz CT molecular complexity index is 594. The van der Waals surface area contributed by atoms with E-state index in [4.69, 9.17) is 9.63 Å². The summed E-state index contributed by atoms with van der Waals surface area (Å²) in [5, 5.41) is 14.9. The van der Waals surface area contributed by atoms with Crippen LogP contribution in [0.4, 0.5) is 0 Å². The van der Waals surface area contributed by atoms with Crippen molar-refractivity contribution in [3.05, 3.63) is 23.4 Å². The van der Waals surface area contributed by atoms with E-state index in [1.54, 1.807) is 4.90 Å². The molecule has 1 aliphatic rings. The molecule has 1 saturated heterocycles. The number of aliphatic hydroxyl groups excluding tert-OH is 1. The fraction of sp³-hybridized carbons (Fsp3) is 0.500. The van der Waals surface area contributed by atoms with Crippen molar-refractivity contribution in [2.45, 2.75) is 31.7 Å². The molecular formula is C14H17N3O3S. The van der Waals surface area contributed by atoms with Crippen LogP contribution in [0.25, 0.3) is 10.7 Å². The van der Waals surface area contributed by atoms with Crippen LogP contribution in [0.1, 0.15) is 36.4 Å². The molecule has 1 N–H and O–H groups in total. The van der Waals surface area contributed by atoms with Crippen LogP contribution in [0.15, 0.2) is 22.0 Å². The number of hydrogen-bond donors (Lipinski definition) is 1. The van der Waals surface area contributed by atoms with E-state index in [9.17, 15) is 4.79 Å². The van der Waals surface area contributed by atoms with Gasteiger partial charge in [-0.3, -0.25) is 4.79 Å². The summed E-state index contributed by atoms with van der Waals surface area (Å²) in [6, 6.07) is 3.85. The highest BCUT2D eigenvalue weighted by Crippen LogP contribution is 2.24. The molecule has 7 heteroatoms. The number of amides is 1. The van der Waals surface area contributed by atoms with Crippen molar-refractivity contribution in [2.75, 3.05) is 13.2 Å². The monoisotopic (exact) mass is 307 g/mol. The fourth-order valence-electron chi connectivity index (χ4n) is 2.66. The van der Waals surface area contributed by atoms with Crippen molar-refractivity contribution in [3.63, 3.8) is 0 Å². The molecule has 1 atom stereocenters. The Kier molecular flexibility index (Phi) is 4.31. The summed E-state index contributed by atoms with van der Waals surface area (Å²) in [5.74, 6) is 0.246. The van der Waals surface area contributed by atoms with Crippen LogP contribution in [0.3, 0.4) is 0 Å². The predicted molar refractivity (Wildman–Crippen MR) is 78.0 cm³/mol. The van der Waals surface area contributed by atoms with Gasteiger partial charge in [-0.15, -0.1) is 11.3 Å². The lowest BCUT2D eigenvalue weighted by Crippen LogP contribution is -2.44. The highest BCUT2D eigenvalue weighted by Gasteiger charge is 2.30. The third-order valence-electron chi connectivity index (χ3n) is 3.70. The second-order valence-corrected chi connectivity index (χ2v) is 6.01. The number of rotatable bonds is 4. The summed E-state index contributed by atoms with van der Waals surface area (Å²) in [6.45, 7) is 0.763. The molecule has 0 bridgehead atoms. The number of carbonyl (C=O) groups is 1. The minimum atomic E-state index is -0.233. The second-order valence-electron chi connectivity index (χ2n) is 5.06. The lowest BCUT2D eigenvalue weighted by Gasteiger charge is -2.34. The van der Waals surface area contributed by atoms with Gasteiger partial charge in [0.1, 0.15) is 0 Å². The molecule has 2 aromatic heterocycles. The normalized spacial score (nSPS) is 18.9. The van der Waals surface area contributed by atoms with Gasteiger partial charge < -0.3 is 14.5 Å². The Balaban J connectivity index is 1.77. The van der Waals surface area contributed by atoms with Gasteiger partial charge in [-0.1, -0.05) is 11.2 Å². The fourth-order valence-corrected chi connectivity index (χ4v) is 3.31. The van der Waals surface area contributed by atoms with Crippen LogP contribution in [0, 0.1) is 0 Å². The smallest absolute Gasteiger partial charge is 0.316 e. The number of piperidine rings is 1. The van der Waals surface area contributed by atoms with E-state index in [2.05, 4.69) is 10.1 Å². The van der Waals surface area contributed by atoms with E-state index in [0.717, 1.165) is 24.1 Å². The van der Waals surface area contributed by atoms with Gasteiger partial charge >= 0.3 is 11.8 Å². The summed E-state index contributed by atoms with van der Waals surface area (Å²) in [7, 11) is 0. The molecule has 0 saturated carbocycles. The summed E-state index contributed by atoms with van der Waals surface area (Å²) in [6.07, 6.45) is 3.56. The van der Waals surface area contributed by atoms with Gasteiger partial charge in [0.15, 0.2) is 0 Å². The number of carbonyl (C=O) groups excluding carboxylic acids is 1. The van der Waals surface area contributed by atoms with E-state index < -0.39 is 0 Å². The Morgan fingerprint density at radius 2 is 2.43 bits per heavy atom. The summed E-state index contributed by atoms with van der Waals surface area (Å²) in [5.41, 5.74) is 0. The number of aliphatic hydroxyl groups is 1. The van der Waals surface area contributed by atoms with Gasteiger partial charge in [-0.25, -0.2) is 0 Å². The zero-order valence-corrected chi connectivity index (χ0v) is 12.4. The molecule has 1 aliphatic heterocycles. The van der Waals surface area contributed by atoms with E-state index >= 15 is 0 Å². The molecule has 0 spiro atoms. The van der Waals surface area contributed by atoms with Crippen molar-refractivity contribution in [3.8, 4) is 10.7 Å². The maximum Gasteiger partial charge on any atom is 0.316 e. The molecule has 0 aliphatic carbocycles. The largest absolute Gasteiger partial charge is 0.396 e. The number of likely N-dealkylation sites (tertiary alicyclic amines) is 1. The number of nitrogens with zero attached hydrogens (tertiary/aromatic N) is 3. The molecule has 2 aromatic rings. The average molecular weight is 307 g/mol. The molecule has 1 fully saturated rings. The minimum Gasteiger partial charge on any atom is -0.396 e. The Morgan fingerprint density at radius 1 is 1.52 bits per heavy atom. The van der Waals surface area contributed by atoms with E-state index in [-0.39, 0.29) is 24.4 Å².